The van der Waals surface area contributed by atoms with Crippen LogP contribution in [-0.4, -0.2) is 21.4 Å². The van der Waals surface area contributed by atoms with E-state index in [1.165, 1.54) is 31.4 Å². The average Bonchev–Trinajstić information content (AvgIpc) is 2.80. The van der Waals surface area contributed by atoms with Gasteiger partial charge in [-0.25, -0.2) is 0 Å². The van der Waals surface area contributed by atoms with Gasteiger partial charge in [0, 0.05) is 5.69 Å². The highest BCUT2D eigenvalue weighted by Gasteiger charge is 2.22. The number of nitriles is 1. The lowest BCUT2D eigenvalue weighted by Gasteiger charge is -2.14. The number of rotatable bonds is 7. The number of hydrogen-bond acceptors (Lipinski definition) is 6. The van der Waals surface area contributed by atoms with Crippen LogP contribution in [0.3, 0.4) is 0 Å². The van der Waals surface area contributed by atoms with Crippen LogP contribution < -0.4 is 14.2 Å². The topological polar surface area (TPSA) is 105 Å². The van der Waals surface area contributed by atoms with Gasteiger partial charge >= 0.3 is 10.1 Å². The van der Waals surface area contributed by atoms with Crippen LogP contribution in [0.15, 0.2) is 71.1 Å². The Hall–Kier alpha value is -3.36. The quantitative estimate of drug-likeness (QED) is 0.176. The number of anilines is 1. The molecule has 0 atom stereocenters. The van der Waals surface area contributed by atoms with Crippen molar-refractivity contribution in [1.29, 1.82) is 5.26 Å². The molecule has 0 spiro atoms. The molecule has 3 aromatic rings. The van der Waals surface area contributed by atoms with Crippen molar-refractivity contribution in [2.75, 3.05) is 12.4 Å². The molecule has 0 heterocycles. The van der Waals surface area contributed by atoms with E-state index in [-0.39, 0.29) is 22.0 Å². The molecule has 0 bridgehead atoms. The van der Waals surface area contributed by atoms with E-state index in [1.54, 1.807) is 30.3 Å². The molecule has 0 aliphatic heterocycles. The van der Waals surface area contributed by atoms with Crippen LogP contribution in [0.2, 0.25) is 0 Å². The number of hydrogen-bond donors (Lipinski definition) is 1. The van der Waals surface area contributed by atoms with E-state index < -0.39 is 16.0 Å². The second kappa shape index (κ2) is 10.7. The van der Waals surface area contributed by atoms with E-state index in [0.717, 1.165) is 11.1 Å². The van der Waals surface area contributed by atoms with Crippen molar-refractivity contribution < 1.29 is 22.1 Å². The lowest BCUT2D eigenvalue weighted by atomic mass is 10.1. The normalized spacial score (nSPS) is 11.4. The number of nitrogens with one attached hydrogen (secondary N) is 1. The number of para-hydroxylation sites is 1. The smallest absolute Gasteiger partial charge is 0.339 e. The third-order valence-corrected chi connectivity index (χ3v) is 6.86. The minimum Gasteiger partial charge on any atom is -0.493 e. The summed E-state index contributed by atoms with van der Waals surface area (Å²) in [6, 6.07) is 18.5. The number of methoxy groups -OCH3 is 1. The van der Waals surface area contributed by atoms with Gasteiger partial charge in [-0.05, 0) is 84.0 Å². The van der Waals surface area contributed by atoms with Gasteiger partial charge in [-0.15, -0.1) is 0 Å². The first kappa shape index (κ1) is 25.3. The fourth-order valence-electron chi connectivity index (χ4n) is 2.98. The van der Waals surface area contributed by atoms with Crippen molar-refractivity contribution in [3.63, 3.8) is 0 Å². The lowest BCUT2D eigenvalue weighted by Crippen LogP contribution is -2.14. The molecular formula is C25H21IN2O5S. The lowest BCUT2D eigenvalue weighted by molar-refractivity contribution is -0.112. The zero-order valence-electron chi connectivity index (χ0n) is 18.6. The third kappa shape index (κ3) is 5.95. The summed E-state index contributed by atoms with van der Waals surface area (Å²) in [4.78, 5) is 12.6. The summed E-state index contributed by atoms with van der Waals surface area (Å²) in [6.07, 6.45) is 1.40. The molecule has 0 radical (unpaired) electrons. The molecule has 9 heteroatoms. The number of ether oxygens (including phenoxy) is 1. The molecule has 0 unspecified atom stereocenters. The molecule has 1 amide bonds. The van der Waals surface area contributed by atoms with Crippen LogP contribution in [0.1, 0.15) is 16.7 Å². The molecule has 34 heavy (non-hydrogen) atoms. The van der Waals surface area contributed by atoms with Gasteiger partial charge in [0.15, 0.2) is 11.5 Å². The highest BCUT2D eigenvalue weighted by molar-refractivity contribution is 14.1. The van der Waals surface area contributed by atoms with Gasteiger partial charge in [0.2, 0.25) is 0 Å². The van der Waals surface area contributed by atoms with Crippen molar-refractivity contribution in [3.8, 4) is 17.6 Å². The Morgan fingerprint density at radius 1 is 1.09 bits per heavy atom. The molecule has 174 valence electrons. The predicted molar refractivity (Wildman–Crippen MR) is 138 cm³/mol. The SMILES string of the molecule is COc1cc(/C=C(\C#N)C(=O)Nc2ccccc2C)cc(I)c1OS(=O)(=O)c1ccc(C)cc1. The number of amides is 1. The summed E-state index contributed by atoms with van der Waals surface area (Å²) in [5.41, 5.74) is 2.73. The van der Waals surface area contributed by atoms with Gasteiger partial charge in [0.05, 0.1) is 10.7 Å². The second-order valence-corrected chi connectivity index (χ2v) is 10.0. The number of carbonyl (C=O) groups excluding carboxylic acids is 1. The zero-order valence-corrected chi connectivity index (χ0v) is 21.6. The Morgan fingerprint density at radius 3 is 2.38 bits per heavy atom. The number of benzene rings is 3. The monoisotopic (exact) mass is 588 g/mol. The Kier molecular flexibility index (Phi) is 7.96. The number of aryl methyl sites for hydroxylation is 2. The molecule has 3 rings (SSSR count). The highest BCUT2D eigenvalue weighted by Crippen LogP contribution is 2.36. The Morgan fingerprint density at radius 2 is 1.76 bits per heavy atom. The van der Waals surface area contributed by atoms with Gasteiger partial charge < -0.3 is 14.2 Å². The zero-order chi connectivity index (χ0) is 24.9. The van der Waals surface area contributed by atoms with Crippen LogP contribution >= 0.6 is 22.6 Å². The van der Waals surface area contributed by atoms with Crippen molar-refractivity contribution in [2.45, 2.75) is 18.7 Å². The van der Waals surface area contributed by atoms with E-state index in [4.69, 9.17) is 8.92 Å². The fourth-order valence-corrected chi connectivity index (χ4v) is 4.83. The summed E-state index contributed by atoms with van der Waals surface area (Å²) in [5.74, 6) is -0.401. The van der Waals surface area contributed by atoms with Gasteiger partial charge in [-0.2, -0.15) is 13.7 Å². The van der Waals surface area contributed by atoms with Gasteiger partial charge in [-0.3, -0.25) is 4.79 Å². The molecule has 0 aromatic heterocycles. The first-order chi connectivity index (χ1) is 16.1. The molecule has 0 aliphatic rings. The van der Waals surface area contributed by atoms with E-state index in [9.17, 15) is 18.5 Å². The first-order valence-corrected chi connectivity index (χ1v) is 12.5. The molecule has 3 aromatic carbocycles. The predicted octanol–water partition coefficient (Wildman–Crippen LogP) is 5.23. The molecule has 0 fully saturated rings. The van der Waals surface area contributed by atoms with Crippen LogP contribution in [0.4, 0.5) is 5.69 Å². The van der Waals surface area contributed by atoms with Crippen molar-refractivity contribution in [1.82, 2.24) is 0 Å². The molecule has 0 saturated carbocycles. The minimum absolute atomic E-state index is 0.0135. The van der Waals surface area contributed by atoms with Gasteiger partial charge in [0.1, 0.15) is 16.5 Å². The molecule has 0 saturated heterocycles. The Labute approximate surface area is 212 Å². The maximum Gasteiger partial charge on any atom is 0.339 e. The first-order valence-electron chi connectivity index (χ1n) is 10.0. The molecule has 1 N–H and O–H groups in total. The summed E-state index contributed by atoms with van der Waals surface area (Å²) in [7, 11) is -2.72. The number of carbonyl (C=O) groups is 1. The van der Waals surface area contributed by atoms with Gasteiger partial charge in [-0.1, -0.05) is 35.9 Å². The summed E-state index contributed by atoms with van der Waals surface area (Å²) in [6.45, 7) is 3.70. The van der Waals surface area contributed by atoms with Crippen molar-refractivity contribution >= 4 is 50.4 Å². The standard InChI is InChI=1S/C25H21IN2O5S/c1-16-8-10-20(11-9-16)34(30,31)33-24-21(26)13-18(14-23(24)32-3)12-19(15-27)25(29)28-22-7-5-4-6-17(22)2/h4-14H,1-3H3,(H,28,29)/b19-12+. The van der Waals surface area contributed by atoms with Crippen LogP contribution in [0.5, 0.6) is 11.5 Å². The maximum absolute atomic E-state index is 12.7. The minimum atomic E-state index is -4.09. The van der Waals surface area contributed by atoms with Crippen molar-refractivity contribution in [2.24, 2.45) is 0 Å². The van der Waals surface area contributed by atoms with E-state index in [1.807, 2.05) is 54.6 Å². The molecule has 0 aliphatic carbocycles. The van der Waals surface area contributed by atoms with E-state index >= 15 is 0 Å². The van der Waals surface area contributed by atoms with E-state index in [2.05, 4.69) is 5.32 Å². The maximum atomic E-state index is 12.7. The summed E-state index contributed by atoms with van der Waals surface area (Å²) < 4.78 is 36.6. The van der Waals surface area contributed by atoms with E-state index in [0.29, 0.717) is 14.8 Å². The number of nitrogens with zero attached hydrogens (tertiary/aromatic N) is 1. The second-order valence-electron chi connectivity index (χ2n) is 7.32. The highest BCUT2D eigenvalue weighted by atomic mass is 127. The molecule has 7 nitrogen and oxygen atoms in total. The van der Waals surface area contributed by atoms with Crippen LogP contribution in [0.25, 0.3) is 6.08 Å². The van der Waals surface area contributed by atoms with Crippen LogP contribution in [-0.2, 0) is 14.9 Å². The largest absolute Gasteiger partial charge is 0.493 e. The third-order valence-electron chi connectivity index (χ3n) is 4.82. The Bertz CT molecular complexity index is 1410. The van der Waals surface area contributed by atoms with Gasteiger partial charge in [0.25, 0.3) is 5.91 Å². The summed E-state index contributed by atoms with van der Waals surface area (Å²) in [5, 5.41) is 12.3. The number of halogens is 1. The van der Waals surface area contributed by atoms with Crippen LogP contribution in [0, 0.1) is 28.7 Å². The summed E-state index contributed by atoms with van der Waals surface area (Å²) >= 11 is 1.92. The average molecular weight is 588 g/mol. The fraction of sp³-hybridized carbons (Fsp3) is 0.120. The van der Waals surface area contributed by atoms with Crippen molar-refractivity contribution in [3.05, 3.63) is 86.5 Å². The Balaban J connectivity index is 1.92. The molecular weight excluding hydrogens is 567 g/mol.